The van der Waals surface area contributed by atoms with E-state index in [1.165, 1.54) is 11.1 Å². The van der Waals surface area contributed by atoms with Gasteiger partial charge in [0.15, 0.2) is 0 Å². The van der Waals surface area contributed by atoms with E-state index in [1.807, 2.05) is 38.1 Å². The third-order valence-corrected chi connectivity index (χ3v) is 5.86. The number of rotatable bonds is 9. The van der Waals surface area contributed by atoms with Crippen molar-refractivity contribution in [2.75, 3.05) is 52.1 Å². The van der Waals surface area contributed by atoms with Crippen molar-refractivity contribution >= 4 is 11.6 Å². The highest BCUT2D eigenvalue weighted by Crippen LogP contribution is 2.26. The number of aryl methyl sites for hydroxylation is 1. The molecule has 162 valence electrons. The van der Waals surface area contributed by atoms with Crippen molar-refractivity contribution in [3.63, 3.8) is 0 Å². The van der Waals surface area contributed by atoms with Gasteiger partial charge in [-0.05, 0) is 62.8 Å². The van der Waals surface area contributed by atoms with Crippen LogP contribution in [0.25, 0.3) is 0 Å². The minimum atomic E-state index is 0.0997. The van der Waals surface area contributed by atoms with Gasteiger partial charge >= 0.3 is 0 Å². The molecule has 1 aromatic carbocycles. The summed E-state index contributed by atoms with van der Waals surface area (Å²) in [5.74, 6) is 0.0997. The third kappa shape index (κ3) is 5.80. The zero-order valence-corrected chi connectivity index (χ0v) is 18.8. The normalized spacial score (nSPS) is 13.9. The van der Waals surface area contributed by atoms with Gasteiger partial charge in [0.1, 0.15) is 0 Å². The molecule has 0 unspecified atom stereocenters. The second-order valence-electron chi connectivity index (χ2n) is 8.30. The van der Waals surface area contributed by atoms with Gasteiger partial charge in [-0.15, -0.1) is 0 Å². The standard InChI is InChI=1S/C24H35N5O/c1-5-28-13-11-20-9-6-10-22(21(20)17-28)26-16-24(30)29(15-14-27(3)4)18-23-19(2)8-7-12-25-23/h6-10,12,26H,5,11,13-18H2,1-4H3. The highest BCUT2D eigenvalue weighted by Gasteiger charge is 2.20. The summed E-state index contributed by atoms with van der Waals surface area (Å²) in [7, 11) is 4.06. The number of benzene rings is 1. The van der Waals surface area contributed by atoms with E-state index in [2.05, 4.69) is 45.2 Å². The van der Waals surface area contributed by atoms with Crippen LogP contribution in [0, 0.1) is 6.92 Å². The molecule has 0 atom stereocenters. The highest BCUT2D eigenvalue weighted by molar-refractivity contribution is 5.81. The fourth-order valence-electron chi connectivity index (χ4n) is 3.83. The molecule has 0 saturated carbocycles. The van der Waals surface area contributed by atoms with E-state index < -0.39 is 0 Å². The topological polar surface area (TPSA) is 51.7 Å². The molecule has 0 spiro atoms. The Bertz CT molecular complexity index is 851. The number of nitrogens with zero attached hydrogens (tertiary/aromatic N) is 4. The number of hydrogen-bond donors (Lipinski definition) is 1. The predicted molar refractivity (Wildman–Crippen MR) is 123 cm³/mol. The molecule has 0 fully saturated rings. The second kappa shape index (κ2) is 10.5. The van der Waals surface area contributed by atoms with Crippen LogP contribution in [-0.2, 0) is 24.3 Å². The summed E-state index contributed by atoms with van der Waals surface area (Å²) in [4.78, 5) is 24.1. The van der Waals surface area contributed by atoms with E-state index >= 15 is 0 Å². The van der Waals surface area contributed by atoms with E-state index in [4.69, 9.17) is 0 Å². The minimum Gasteiger partial charge on any atom is -0.376 e. The Labute approximate surface area is 180 Å². The lowest BCUT2D eigenvalue weighted by Crippen LogP contribution is -2.40. The molecule has 1 aliphatic rings. The number of carbonyl (C=O) groups is 1. The van der Waals surface area contributed by atoms with E-state index in [0.717, 1.165) is 49.5 Å². The summed E-state index contributed by atoms with van der Waals surface area (Å²) in [5, 5.41) is 3.43. The number of likely N-dealkylation sites (N-methyl/N-ethyl adjacent to an activating group) is 2. The van der Waals surface area contributed by atoms with E-state index in [9.17, 15) is 4.79 Å². The summed E-state index contributed by atoms with van der Waals surface area (Å²) < 4.78 is 0. The molecule has 2 aromatic rings. The quantitative estimate of drug-likeness (QED) is 0.690. The van der Waals surface area contributed by atoms with Gasteiger partial charge in [0.05, 0.1) is 18.8 Å². The Balaban J connectivity index is 1.69. The monoisotopic (exact) mass is 409 g/mol. The second-order valence-corrected chi connectivity index (χ2v) is 8.30. The number of carbonyl (C=O) groups excluding carboxylic acids is 1. The summed E-state index contributed by atoms with van der Waals surface area (Å²) in [6.45, 7) is 9.68. The number of pyridine rings is 1. The summed E-state index contributed by atoms with van der Waals surface area (Å²) in [6.07, 6.45) is 2.87. The molecular formula is C24H35N5O. The van der Waals surface area contributed by atoms with Crippen LogP contribution in [0.15, 0.2) is 36.5 Å². The van der Waals surface area contributed by atoms with Crippen molar-refractivity contribution in [1.29, 1.82) is 0 Å². The number of aromatic nitrogens is 1. The molecule has 1 aromatic heterocycles. The largest absolute Gasteiger partial charge is 0.376 e. The molecule has 1 amide bonds. The van der Waals surface area contributed by atoms with Gasteiger partial charge in [0.2, 0.25) is 5.91 Å². The van der Waals surface area contributed by atoms with Gasteiger partial charge in [-0.25, -0.2) is 0 Å². The molecule has 6 heteroatoms. The minimum absolute atomic E-state index is 0.0997. The Kier molecular flexibility index (Phi) is 7.82. The first-order valence-electron chi connectivity index (χ1n) is 10.9. The van der Waals surface area contributed by atoms with E-state index in [-0.39, 0.29) is 5.91 Å². The Morgan fingerprint density at radius 3 is 2.77 bits per heavy atom. The molecule has 1 N–H and O–H groups in total. The van der Waals surface area contributed by atoms with Gasteiger partial charge in [-0.3, -0.25) is 14.7 Å². The fraction of sp³-hybridized carbons (Fsp3) is 0.500. The average molecular weight is 410 g/mol. The van der Waals surface area contributed by atoms with Crippen LogP contribution in [0.5, 0.6) is 0 Å². The molecule has 2 heterocycles. The van der Waals surface area contributed by atoms with Crippen molar-refractivity contribution in [2.45, 2.75) is 33.4 Å². The molecule has 0 saturated heterocycles. The van der Waals surface area contributed by atoms with Crippen molar-refractivity contribution in [3.8, 4) is 0 Å². The first-order valence-corrected chi connectivity index (χ1v) is 10.9. The van der Waals surface area contributed by atoms with Crippen molar-refractivity contribution in [2.24, 2.45) is 0 Å². The number of nitrogens with one attached hydrogen (secondary N) is 1. The smallest absolute Gasteiger partial charge is 0.242 e. The molecule has 3 rings (SSSR count). The van der Waals surface area contributed by atoms with Crippen molar-refractivity contribution in [1.82, 2.24) is 19.7 Å². The molecule has 0 aliphatic carbocycles. The maximum Gasteiger partial charge on any atom is 0.242 e. The third-order valence-electron chi connectivity index (χ3n) is 5.86. The van der Waals surface area contributed by atoms with Crippen LogP contribution in [0.2, 0.25) is 0 Å². The highest BCUT2D eigenvalue weighted by atomic mass is 16.2. The molecular weight excluding hydrogens is 374 g/mol. The lowest BCUT2D eigenvalue weighted by atomic mass is 9.98. The maximum absolute atomic E-state index is 13.1. The van der Waals surface area contributed by atoms with Crippen LogP contribution < -0.4 is 5.32 Å². The van der Waals surface area contributed by atoms with Crippen LogP contribution in [0.3, 0.4) is 0 Å². The molecule has 0 bridgehead atoms. The van der Waals surface area contributed by atoms with E-state index in [1.54, 1.807) is 6.20 Å². The number of fused-ring (bicyclic) bond motifs is 1. The SMILES string of the molecule is CCN1CCc2cccc(NCC(=O)N(CCN(C)C)Cc3ncccc3C)c2C1. The summed E-state index contributed by atoms with van der Waals surface area (Å²) >= 11 is 0. The van der Waals surface area contributed by atoms with Crippen LogP contribution in [-0.4, -0.2) is 72.4 Å². The average Bonchev–Trinajstić information content (AvgIpc) is 2.75. The maximum atomic E-state index is 13.1. The Morgan fingerprint density at radius 1 is 1.20 bits per heavy atom. The van der Waals surface area contributed by atoms with Gasteiger partial charge < -0.3 is 15.1 Å². The van der Waals surface area contributed by atoms with Gasteiger partial charge in [-0.2, -0.15) is 0 Å². The lowest BCUT2D eigenvalue weighted by Gasteiger charge is -2.30. The van der Waals surface area contributed by atoms with Crippen LogP contribution in [0.1, 0.15) is 29.3 Å². The zero-order chi connectivity index (χ0) is 21.5. The van der Waals surface area contributed by atoms with Crippen molar-refractivity contribution < 1.29 is 4.79 Å². The van der Waals surface area contributed by atoms with Gasteiger partial charge in [0, 0.05) is 38.1 Å². The first kappa shape index (κ1) is 22.2. The molecule has 0 radical (unpaired) electrons. The molecule has 30 heavy (non-hydrogen) atoms. The van der Waals surface area contributed by atoms with Crippen molar-refractivity contribution in [3.05, 3.63) is 58.9 Å². The molecule has 6 nitrogen and oxygen atoms in total. The lowest BCUT2D eigenvalue weighted by molar-refractivity contribution is -0.130. The fourth-order valence-corrected chi connectivity index (χ4v) is 3.83. The van der Waals surface area contributed by atoms with E-state index in [0.29, 0.717) is 19.6 Å². The first-order chi connectivity index (χ1) is 14.5. The summed E-state index contributed by atoms with van der Waals surface area (Å²) in [6, 6.07) is 10.4. The van der Waals surface area contributed by atoms with Crippen LogP contribution in [0.4, 0.5) is 5.69 Å². The number of hydrogen-bond acceptors (Lipinski definition) is 5. The van der Waals surface area contributed by atoms with Crippen LogP contribution >= 0.6 is 0 Å². The number of amides is 1. The zero-order valence-electron chi connectivity index (χ0n) is 18.8. The van der Waals surface area contributed by atoms with Gasteiger partial charge in [0.25, 0.3) is 0 Å². The molecule has 1 aliphatic heterocycles. The van der Waals surface area contributed by atoms with Gasteiger partial charge in [-0.1, -0.05) is 25.1 Å². The number of anilines is 1. The summed E-state index contributed by atoms with van der Waals surface area (Å²) in [5.41, 5.74) is 5.88. The Morgan fingerprint density at radius 2 is 2.03 bits per heavy atom. The predicted octanol–water partition coefficient (Wildman–Crippen LogP) is 2.77. The Hall–Kier alpha value is -2.44.